The van der Waals surface area contributed by atoms with Gasteiger partial charge in [-0.25, -0.2) is 4.79 Å². The third-order valence-electron chi connectivity index (χ3n) is 2.50. The van der Waals surface area contributed by atoms with Crippen LogP contribution in [0.1, 0.15) is 26.3 Å². The second-order valence-corrected chi connectivity index (χ2v) is 5.46. The number of hydrogen-bond acceptors (Lipinski definition) is 2. The number of aromatic nitrogens is 1. The summed E-state index contributed by atoms with van der Waals surface area (Å²) in [5.74, 6) is 0.466. The van der Waals surface area contributed by atoms with Crippen LogP contribution in [-0.4, -0.2) is 16.3 Å². The fraction of sp³-hybridized carbons (Fsp3) is 0.357. The highest BCUT2D eigenvalue weighted by Gasteiger charge is 2.18. The van der Waals surface area contributed by atoms with Crippen LogP contribution in [0.15, 0.2) is 30.5 Å². The summed E-state index contributed by atoms with van der Waals surface area (Å²) in [5, 5.41) is 0.985. The van der Waals surface area contributed by atoms with Gasteiger partial charge in [-0.15, -0.1) is 11.6 Å². The molecule has 1 aromatic carbocycles. The van der Waals surface area contributed by atoms with Crippen molar-refractivity contribution in [3.8, 4) is 0 Å². The summed E-state index contributed by atoms with van der Waals surface area (Å²) in [4.78, 5) is 12.0. The van der Waals surface area contributed by atoms with Gasteiger partial charge < -0.3 is 4.74 Å². The van der Waals surface area contributed by atoms with Gasteiger partial charge in [0, 0.05) is 17.5 Å². The van der Waals surface area contributed by atoms with Gasteiger partial charge in [-0.3, -0.25) is 4.57 Å². The number of hydrogen-bond donors (Lipinski definition) is 0. The van der Waals surface area contributed by atoms with E-state index in [4.69, 9.17) is 16.3 Å². The molecule has 0 aliphatic rings. The van der Waals surface area contributed by atoms with Crippen molar-refractivity contribution in [2.24, 2.45) is 0 Å². The van der Waals surface area contributed by atoms with Crippen molar-refractivity contribution in [1.29, 1.82) is 0 Å². The molecule has 96 valence electrons. The number of nitrogens with zero attached hydrogens (tertiary/aromatic N) is 1. The first-order chi connectivity index (χ1) is 8.40. The highest BCUT2D eigenvalue weighted by Crippen LogP contribution is 2.20. The van der Waals surface area contributed by atoms with Crippen LogP contribution < -0.4 is 0 Å². The highest BCUT2D eigenvalue weighted by atomic mass is 35.5. The summed E-state index contributed by atoms with van der Waals surface area (Å²) in [6.07, 6.45) is 1.35. The minimum atomic E-state index is -0.496. The zero-order valence-corrected chi connectivity index (χ0v) is 11.5. The van der Waals surface area contributed by atoms with E-state index >= 15 is 0 Å². The lowest BCUT2D eigenvalue weighted by molar-refractivity contribution is 0.0544. The molecule has 0 spiro atoms. The number of ether oxygens (including phenoxy) is 1. The number of halogens is 1. The van der Waals surface area contributed by atoms with Gasteiger partial charge in [-0.2, -0.15) is 0 Å². The predicted molar refractivity (Wildman–Crippen MR) is 73.1 cm³/mol. The van der Waals surface area contributed by atoms with Gasteiger partial charge in [0.1, 0.15) is 5.60 Å². The van der Waals surface area contributed by atoms with E-state index in [1.165, 1.54) is 4.57 Å². The summed E-state index contributed by atoms with van der Waals surface area (Å²) >= 11 is 5.79. The van der Waals surface area contributed by atoms with Gasteiger partial charge in [0.2, 0.25) is 0 Å². The Hall–Kier alpha value is -1.48. The van der Waals surface area contributed by atoms with E-state index in [1.54, 1.807) is 6.20 Å². The molecule has 18 heavy (non-hydrogen) atoms. The molecule has 2 rings (SSSR count). The van der Waals surface area contributed by atoms with Crippen molar-refractivity contribution in [2.75, 3.05) is 0 Å². The molecule has 0 unspecified atom stereocenters. The second-order valence-electron chi connectivity index (χ2n) is 5.19. The number of carbonyl (C=O) groups excluding carboxylic acids is 1. The molecule has 0 amide bonds. The topological polar surface area (TPSA) is 31.2 Å². The Morgan fingerprint density at radius 2 is 2.06 bits per heavy atom. The van der Waals surface area contributed by atoms with Gasteiger partial charge in [-0.1, -0.05) is 6.07 Å². The Labute approximate surface area is 111 Å². The summed E-state index contributed by atoms with van der Waals surface area (Å²) < 4.78 is 6.86. The van der Waals surface area contributed by atoms with Gasteiger partial charge in [-0.05, 0) is 44.5 Å². The third kappa shape index (κ3) is 2.67. The molecular weight excluding hydrogens is 250 g/mol. The van der Waals surface area contributed by atoms with Gasteiger partial charge in [0.05, 0.1) is 5.52 Å². The molecule has 0 bridgehead atoms. The Morgan fingerprint density at radius 1 is 1.33 bits per heavy atom. The minimum Gasteiger partial charge on any atom is -0.443 e. The lowest BCUT2D eigenvalue weighted by Gasteiger charge is -2.19. The fourth-order valence-electron chi connectivity index (χ4n) is 1.75. The molecule has 0 atom stereocenters. The van der Waals surface area contributed by atoms with Crippen LogP contribution in [0.5, 0.6) is 0 Å². The maximum Gasteiger partial charge on any atom is 0.418 e. The standard InChI is InChI=1S/C14H16ClNO2/c1-14(2,3)18-13(17)16-7-6-11-8-10(9-15)4-5-12(11)16/h4-8H,9H2,1-3H3. The molecule has 0 N–H and O–H groups in total. The van der Waals surface area contributed by atoms with Crippen LogP contribution in [0.25, 0.3) is 10.9 Å². The smallest absolute Gasteiger partial charge is 0.418 e. The van der Waals surface area contributed by atoms with Crippen molar-refractivity contribution < 1.29 is 9.53 Å². The largest absolute Gasteiger partial charge is 0.443 e. The van der Waals surface area contributed by atoms with Crippen molar-refractivity contribution in [3.63, 3.8) is 0 Å². The SMILES string of the molecule is CC(C)(C)OC(=O)n1ccc2cc(CCl)ccc21. The lowest BCUT2D eigenvalue weighted by atomic mass is 10.2. The number of rotatable bonds is 1. The van der Waals surface area contributed by atoms with Crippen molar-refractivity contribution >= 4 is 28.6 Å². The number of carbonyl (C=O) groups is 1. The number of benzene rings is 1. The Balaban J connectivity index is 2.38. The molecule has 3 nitrogen and oxygen atoms in total. The monoisotopic (exact) mass is 265 g/mol. The molecule has 0 aliphatic heterocycles. The van der Waals surface area contributed by atoms with E-state index < -0.39 is 5.60 Å². The van der Waals surface area contributed by atoms with Crippen LogP contribution in [0.4, 0.5) is 4.79 Å². The first-order valence-corrected chi connectivity index (χ1v) is 6.33. The van der Waals surface area contributed by atoms with Gasteiger partial charge in [0.25, 0.3) is 0 Å². The maximum absolute atomic E-state index is 12.0. The average Bonchev–Trinajstić information content (AvgIpc) is 2.69. The molecule has 1 heterocycles. The summed E-state index contributed by atoms with van der Waals surface area (Å²) in [5.41, 5.74) is 1.37. The van der Waals surface area contributed by atoms with Crippen LogP contribution in [0.2, 0.25) is 0 Å². The Kier molecular flexibility index (Phi) is 3.35. The first-order valence-electron chi connectivity index (χ1n) is 5.80. The van der Waals surface area contributed by atoms with Crippen LogP contribution >= 0.6 is 11.6 Å². The van der Waals surface area contributed by atoms with Crippen molar-refractivity contribution in [3.05, 3.63) is 36.0 Å². The van der Waals surface area contributed by atoms with Crippen molar-refractivity contribution in [1.82, 2.24) is 4.57 Å². The molecule has 0 saturated heterocycles. The van der Waals surface area contributed by atoms with E-state index in [1.807, 2.05) is 45.0 Å². The number of fused-ring (bicyclic) bond motifs is 1. The van der Waals surface area contributed by atoms with Crippen LogP contribution in [0, 0.1) is 0 Å². The van der Waals surface area contributed by atoms with E-state index in [0.29, 0.717) is 5.88 Å². The first kappa shape index (κ1) is 13.0. The quantitative estimate of drug-likeness (QED) is 0.725. The Bertz CT molecular complexity index is 581. The molecule has 0 fully saturated rings. The van der Waals surface area contributed by atoms with Crippen LogP contribution in [0.3, 0.4) is 0 Å². The van der Waals surface area contributed by atoms with E-state index in [9.17, 15) is 4.79 Å². The van der Waals surface area contributed by atoms with Crippen LogP contribution in [-0.2, 0) is 10.6 Å². The molecule has 0 radical (unpaired) electrons. The summed E-state index contributed by atoms with van der Waals surface area (Å²) in [7, 11) is 0. The Morgan fingerprint density at radius 3 is 2.67 bits per heavy atom. The van der Waals surface area contributed by atoms with E-state index in [2.05, 4.69) is 0 Å². The highest BCUT2D eigenvalue weighted by molar-refractivity contribution is 6.17. The minimum absolute atomic E-state index is 0.365. The average molecular weight is 266 g/mol. The molecule has 2 aromatic rings. The lowest BCUT2D eigenvalue weighted by Crippen LogP contribution is -2.26. The van der Waals surface area contributed by atoms with E-state index in [0.717, 1.165) is 16.5 Å². The second kappa shape index (κ2) is 4.65. The predicted octanol–water partition coefficient (Wildman–Crippen LogP) is 4.16. The fourth-order valence-corrected chi connectivity index (χ4v) is 1.91. The normalized spacial score (nSPS) is 11.8. The third-order valence-corrected chi connectivity index (χ3v) is 2.81. The van der Waals surface area contributed by atoms with E-state index in [-0.39, 0.29) is 6.09 Å². The molecule has 0 aliphatic carbocycles. The summed E-state index contributed by atoms with van der Waals surface area (Å²) in [6, 6.07) is 7.66. The zero-order valence-electron chi connectivity index (χ0n) is 10.7. The zero-order chi connectivity index (χ0) is 13.3. The molecular formula is C14H16ClNO2. The van der Waals surface area contributed by atoms with Crippen molar-refractivity contribution in [2.45, 2.75) is 32.3 Å². The maximum atomic E-state index is 12.0. The van der Waals surface area contributed by atoms with Gasteiger partial charge >= 0.3 is 6.09 Å². The number of alkyl halides is 1. The summed E-state index contributed by atoms with van der Waals surface area (Å²) in [6.45, 7) is 5.55. The molecule has 1 aromatic heterocycles. The molecule has 4 heteroatoms. The van der Waals surface area contributed by atoms with Gasteiger partial charge in [0.15, 0.2) is 0 Å². The molecule has 0 saturated carbocycles.